The van der Waals surface area contributed by atoms with E-state index in [1.54, 1.807) is 45.3 Å². The van der Waals surface area contributed by atoms with Gasteiger partial charge in [0.1, 0.15) is 12.3 Å². The summed E-state index contributed by atoms with van der Waals surface area (Å²) in [5.41, 5.74) is -0.583. The molecule has 1 aliphatic rings. The summed E-state index contributed by atoms with van der Waals surface area (Å²) in [5.74, 6) is -0.762. The third-order valence-electron chi connectivity index (χ3n) is 4.47. The minimum atomic E-state index is -4.65. The van der Waals surface area contributed by atoms with Crippen LogP contribution in [0.5, 0.6) is 5.75 Å². The van der Waals surface area contributed by atoms with Crippen LogP contribution in [0.2, 0.25) is 0 Å². The van der Waals surface area contributed by atoms with Crippen molar-refractivity contribution in [3.63, 3.8) is 0 Å². The number of hydrogen-bond donors (Lipinski definition) is 1. The number of hydrogen-bond acceptors (Lipinski definition) is 4. The van der Waals surface area contributed by atoms with Crippen molar-refractivity contribution in [2.45, 2.75) is 19.2 Å². The van der Waals surface area contributed by atoms with Gasteiger partial charge in [-0.15, -0.1) is 0 Å². The van der Waals surface area contributed by atoms with E-state index in [4.69, 9.17) is 4.74 Å². The van der Waals surface area contributed by atoms with Gasteiger partial charge in [-0.05, 0) is 37.3 Å². The zero-order chi connectivity index (χ0) is 21.3. The van der Waals surface area contributed by atoms with E-state index >= 15 is 0 Å². The fourth-order valence-corrected chi connectivity index (χ4v) is 3.01. The first kappa shape index (κ1) is 20.5. The summed E-state index contributed by atoms with van der Waals surface area (Å²) in [4.78, 5) is 27.7. The second-order valence-electron chi connectivity index (χ2n) is 6.82. The van der Waals surface area contributed by atoms with E-state index in [0.717, 1.165) is 6.07 Å². The summed E-state index contributed by atoms with van der Waals surface area (Å²) in [5, 5.41) is 2.28. The zero-order valence-electron chi connectivity index (χ0n) is 16.1. The van der Waals surface area contributed by atoms with Gasteiger partial charge in [0, 0.05) is 19.8 Å². The second kappa shape index (κ2) is 7.65. The van der Waals surface area contributed by atoms with E-state index in [1.165, 1.54) is 21.9 Å². The molecular formula is C20H20F3N3O3. The molecule has 29 heavy (non-hydrogen) atoms. The molecule has 0 spiro atoms. The molecule has 6 nitrogen and oxygen atoms in total. The Bertz CT molecular complexity index is 944. The van der Waals surface area contributed by atoms with Gasteiger partial charge in [0.15, 0.2) is 6.10 Å². The number of benzene rings is 2. The summed E-state index contributed by atoms with van der Waals surface area (Å²) in [6, 6.07) is 10.3. The standard InChI is InChI=1S/C20H20F3N3O3/c1-12-19(28)26(16-6-4-5-7-17(16)29-12)11-18(27)24-15-9-8-13(25(2)3)10-14(15)20(21,22)23/h4-10,12H,11H2,1-3H3,(H,24,27)/t12-/m1/s1. The molecule has 0 radical (unpaired) electrons. The van der Waals surface area contributed by atoms with Crippen molar-refractivity contribution in [2.75, 3.05) is 35.8 Å². The first-order chi connectivity index (χ1) is 13.6. The summed E-state index contributed by atoms with van der Waals surface area (Å²) < 4.78 is 45.9. The monoisotopic (exact) mass is 407 g/mol. The fourth-order valence-electron chi connectivity index (χ4n) is 3.01. The first-order valence-corrected chi connectivity index (χ1v) is 8.83. The van der Waals surface area contributed by atoms with E-state index < -0.39 is 36.2 Å². The van der Waals surface area contributed by atoms with Gasteiger partial charge >= 0.3 is 6.18 Å². The van der Waals surface area contributed by atoms with Crippen molar-refractivity contribution in [3.8, 4) is 5.75 Å². The topological polar surface area (TPSA) is 61.9 Å². The van der Waals surface area contributed by atoms with E-state index in [-0.39, 0.29) is 5.69 Å². The van der Waals surface area contributed by atoms with Crippen LogP contribution in [0.25, 0.3) is 0 Å². The normalized spacial score (nSPS) is 16.1. The average molecular weight is 407 g/mol. The molecule has 0 saturated heterocycles. The molecule has 1 heterocycles. The van der Waals surface area contributed by atoms with E-state index in [9.17, 15) is 22.8 Å². The number of fused-ring (bicyclic) bond motifs is 1. The van der Waals surface area contributed by atoms with Gasteiger partial charge in [0.2, 0.25) is 5.91 Å². The smallest absolute Gasteiger partial charge is 0.418 e. The van der Waals surface area contributed by atoms with Crippen molar-refractivity contribution in [1.82, 2.24) is 0 Å². The quantitative estimate of drug-likeness (QED) is 0.843. The number of carbonyl (C=O) groups excluding carboxylic acids is 2. The molecule has 2 aromatic carbocycles. The van der Waals surface area contributed by atoms with Gasteiger partial charge in [0.05, 0.1) is 16.9 Å². The van der Waals surface area contributed by atoms with Crippen LogP contribution in [-0.4, -0.2) is 38.6 Å². The number of nitrogens with one attached hydrogen (secondary N) is 1. The van der Waals surface area contributed by atoms with Gasteiger partial charge < -0.3 is 15.0 Å². The summed E-state index contributed by atoms with van der Waals surface area (Å²) in [7, 11) is 3.24. The van der Waals surface area contributed by atoms with Crippen molar-refractivity contribution in [2.24, 2.45) is 0 Å². The summed E-state index contributed by atoms with van der Waals surface area (Å²) in [6.45, 7) is 1.11. The number of amides is 2. The number of alkyl halides is 3. The molecule has 3 rings (SSSR count). The Hall–Kier alpha value is -3.23. The number of para-hydroxylation sites is 2. The van der Waals surface area contributed by atoms with Crippen LogP contribution in [0, 0.1) is 0 Å². The van der Waals surface area contributed by atoms with Crippen molar-refractivity contribution in [3.05, 3.63) is 48.0 Å². The Morgan fingerprint density at radius 3 is 2.55 bits per heavy atom. The Balaban J connectivity index is 1.85. The van der Waals surface area contributed by atoms with Crippen LogP contribution in [-0.2, 0) is 15.8 Å². The SMILES string of the molecule is C[C@H]1Oc2ccccc2N(CC(=O)Nc2ccc(N(C)C)cc2C(F)(F)F)C1=O. The molecule has 2 amide bonds. The molecule has 154 valence electrons. The van der Waals surface area contributed by atoms with Crippen LogP contribution >= 0.6 is 0 Å². The molecule has 0 saturated carbocycles. The van der Waals surface area contributed by atoms with Gasteiger partial charge in [-0.25, -0.2) is 0 Å². The minimum Gasteiger partial charge on any atom is -0.479 e. The second-order valence-corrected chi connectivity index (χ2v) is 6.82. The average Bonchev–Trinajstić information content (AvgIpc) is 2.64. The first-order valence-electron chi connectivity index (χ1n) is 8.83. The Morgan fingerprint density at radius 1 is 1.21 bits per heavy atom. The number of rotatable bonds is 4. The fraction of sp³-hybridized carbons (Fsp3) is 0.300. The van der Waals surface area contributed by atoms with Crippen LogP contribution < -0.4 is 19.9 Å². The molecule has 1 atom stereocenters. The molecule has 9 heteroatoms. The predicted octanol–water partition coefficient (Wildman–Crippen LogP) is 3.52. The number of ether oxygens (including phenoxy) is 1. The lowest BCUT2D eigenvalue weighted by atomic mass is 10.1. The minimum absolute atomic E-state index is 0.349. The van der Waals surface area contributed by atoms with Crippen LogP contribution in [0.3, 0.4) is 0 Å². The van der Waals surface area contributed by atoms with Gasteiger partial charge in [-0.3, -0.25) is 14.5 Å². The van der Waals surface area contributed by atoms with Crippen molar-refractivity contribution >= 4 is 28.9 Å². The van der Waals surface area contributed by atoms with E-state index in [0.29, 0.717) is 17.1 Å². The largest absolute Gasteiger partial charge is 0.479 e. The lowest BCUT2D eigenvalue weighted by Gasteiger charge is -2.32. The Labute approximate surface area is 165 Å². The molecule has 2 aromatic rings. The molecule has 0 fully saturated rings. The third kappa shape index (κ3) is 4.28. The molecule has 1 N–H and O–H groups in total. The maximum atomic E-state index is 13.5. The lowest BCUT2D eigenvalue weighted by molar-refractivity contribution is -0.137. The number of anilines is 3. The van der Waals surface area contributed by atoms with Crippen LogP contribution in [0.4, 0.5) is 30.2 Å². The predicted molar refractivity (Wildman–Crippen MR) is 103 cm³/mol. The molecule has 0 aromatic heterocycles. The van der Waals surface area contributed by atoms with E-state index in [2.05, 4.69) is 5.32 Å². The third-order valence-corrected chi connectivity index (χ3v) is 4.47. The highest BCUT2D eigenvalue weighted by molar-refractivity contribution is 6.06. The highest BCUT2D eigenvalue weighted by atomic mass is 19.4. The highest BCUT2D eigenvalue weighted by Crippen LogP contribution is 2.37. The van der Waals surface area contributed by atoms with E-state index in [1.807, 2.05) is 0 Å². The van der Waals surface area contributed by atoms with Gasteiger partial charge in [-0.2, -0.15) is 13.2 Å². The van der Waals surface area contributed by atoms with Crippen LogP contribution in [0.1, 0.15) is 12.5 Å². The number of nitrogens with zero attached hydrogens (tertiary/aromatic N) is 2. The maximum absolute atomic E-state index is 13.5. The maximum Gasteiger partial charge on any atom is 0.418 e. The summed E-state index contributed by atoms with van der Waals surface area (Å²) in [6.07, 6.45) is -5.45. The molecular weight excluding hydrogens is 387 g/mol. The molecule has 0 bridgehead atoms. The van der Waals surface area contributed by atoms with Gasteiger partial charge in [0.25, 0.3) is 5.91 Å². The van der Waals surface area contributed by atoms with Crippen LogP contribution in [0.15, 0.2) is 42.5 Å². The van der Waals surface area contributed by atoms with Crippen molar-refractivity contribution in [1.29, 1.82) is 0 Å². The summed E-state index contributed by atoms with van der Waals surface area (Å²) >= 11 is 0. The Kier molecular flexibility index (Phi) is 5.41. The lowest BCUT2D eigenvalue weighted by Crippen LogP contribution is -2.47. The number of halogens is 3. The highest BCUT2D eigenvalue weighted by Gasteiger charge is 2.36. The number of carbonyl (C=O) groups is 2. The molecule has 0 aliphatic carbocycles. The Morgan fingerprint density at radius 2 is 1.90 bits per heavy atom. The van der Waals surface area contributed by atoms with Gasteiger partial charge in [-0.1, -0.05) is 12.1 Å². The molecule has 1 aliphatic heterocycles. The zero-order valence-corrected chi connectivity index (χ0v) is 16.1. The van der Waals surface area contributed by atoms with Crippen molar-refractivity contribution < 1.29 is 27.5 Å². The molecule has 0 unspecified atom stereocenters.